The number of anilines is 1. The minimum Gasteiger partial charge on any atom is -0.356 e. The summed E-state index contributed by atoms with van der Waals surface area (Å²) in [7, 11) is 2.09. The largest absolute Gasteiger partial charge is 0.356 e. The molecular formula is C23H29N3O2. The molecule has 148 valence electrons. The Balaban J connectivity index is 1.39. The van der Waals surface area contributed by atoms with Crippen LogP contribution in [0, 0.1) is 12.8 Å². The van der Waals surface area contributed by atoms with E-state index in [-0.39, 0.29) is 24.2 Å². The first-order valence-corrected chi connectivity index (χ1v) is 9.90. The molecule has 0 bridgehead atoms. The van der Waals surface area contributed by atoms with E-state index in [1.165, 1.54) is 5.56 Å². The quantitative estimate of drug-likeness (QED) is 0.718. The van der Waals surface area contributed by atoms with Crippen LogP contribution >= 0.6 is 0 Å². The molecule has 1 fully saturated rings. The Morgan fingerprint density at radius 3 is 2.57 bits per heavy atom. The first kappa shape index (κ1) is 20.1. The van der Waals surface area contributed by atoms with Gasteiger partial charge in [-0.25, -0.2) is 0 Å². The van der Waals surface area contributed by atoms with Gasteiger partial charge in [-0.2, -0.15) is 0 Å². The van der Waals surface area contributed by atoms with Crippen LogP contribution in [-0.4, -0.2) is 43.4 Å². The van der Waals surface area contributed by atoms with Crippen LogP contribution in [0.25, 0.3) is 0 Å². The van der Waals surface area contributed by atoms with Gasteiger partial charge in [0, 0.05) is 31.7 Å². The number of benzene rings is 2. The summed E-state index contributed by atoms with van der Waals surface area (Å²) in [5, 5.41) is 3.00. The Morgan fingerprint density at radius 1 is 1.14 bits per heavy atom. The van der Waals surface area contributed by atoms with Crippen molar-refractivity contribution in [2.75, 3.05) is 31.6 Å². The molecule has 1 aliphatic heterocycles. The highest BCUT2D eigenvalue weighted by molar-refractivity contribution is 6.00. The van der Waals surface area contributed by atoms with Gasteiger partial charge < -0.3 is 15.1 Å². The van der Waals surface area contributed by atoms with Gasteiger partial charge >= 0.3 is 0 Å². The second kappa shape index (κ2) is 9.51. The SMILES string of the molecule is Cc1ccc(N2C[C@@H](C(=O)NCCCN(C)Cc3ccccc3)CC2=O)cc1. The molecule has 5 nitrogen and oxygen atoms in total. The third-order valence-electron chi connectivity index (χ3n) is 5.15. The maximum Gasteiger partial charge on any atom is 0.227 e. The van der Waals surface area contributed by atoms with Crippen molar-refractivity contribution in [2.45, 2.75) is 26.3 Å². The topological polar surface area (TPSA) is 52.7 Å². The lowest BCUT2D eigenvalue weighted by atomic mass is 10.1. The van der Waals surface area contributed by atoms with Crippen molar-refractivity contribution >= 4 is 17.5 Å². The van der Waals surface area contributed by atoms with Gasteiger partial charge in [0.1, 0.15) is 0 Å². The van der Waals surface area contributed by atoms with E-state index in [1.807, 2.05) is 49.4 Å². The second-order valence-electron chi connectivity index (χ2n) is 7.61. The fourth-order valence-corrected chi connectivity index (χ4v) is 3.54. The number of amides is 2. The van der Waals surface area contributed by atoms with Crippen molar-refractivity contribution in [3.63, 3.8) is 0 Å². The average molecular weight is 380 g/mol. The molecule has 1 heterocycles. The number of hydrogen-bond acceptors (Lipinski definition) is 3. The summed E-state index contributed by atoms with van der Waals surface area (Å²) in [6.07, 6.45) is 1.17. The van der Waals surface area contributed by atoms with E-state index in [0.717, 1.165) is 30.8 Å². The monoisotopic (exact) mass is 379 g/mol. The van der Waals surface area contributed by atoms with Crippen LogP contribution in [0.15, 0.2) is 54.6 Å². The van der Waals surface area contributed by atoms with Crippen LogP contribution in [0.2, 0.25) is 0 Å². The Kier molecular flexibility index (Phi) is 6.82. The normalized spacial score (nSPS) is 16.6. The molecule has 3 rings (SSSR count). The molecule has 0 spiro atoms. The van der Waals surface area contributed by atoms with E-state index in [4.69, 9.17) is 0 Å². The fraction of sp³-hybridized carbons (Fsp3) is 0.391. The van der Waals surface area contributed by atoms with Gasteiger partial charge in [-0.3, -0.25) is 9.59 Å². The number of carbonyl (C=O) groups is 2. The molecule has 5 heteroatoms. The van der Waals surface area contributed by atoms with Crippen LogP contribution in [-0.2, 0) is 16.1 Å². The van der Waals surface area contributed by atoms with Gasteiger partial charge in [-0.05, 0) is 44.6 Å². The summed E-state index contributed by atoms with van der Waals surface area (Å²) < 4.78 is 0. The maximum absolute atomic E-state index is 12.5. The smallest absolute Gasteiger partial charge is 0.227 e. The minimum absolute atomic E-state index is 0.0197. The zero-order valence-electron chi connectivity index (χ0n) is 16.7. The molecule has 1 saturated heterocycles. The fourth-order valence-electron chi connectivity index (χ4n) is 3.54. The number of rotatable bonds is 8. The predicted molar refractivity (Wildman–Crippen MR) is 112 cm³/mol. The highest BCUT2D eigenvalue weighted by Gasteiger charge is 2.34. The summed E-state index contributed by atoms with van der Waals surface area (Å²) in [4.78, 5) is 28.7. The van der Waals surface area contributed by atoms with Crippen LogP contribution in [0.4, 0.5) is 5.69 Å². The average Bonchev–Trinajstić information content (AvgIpc) is 3.08. The van der Waals surface area contributed by atoms with Crippen molar-refractivity contribution in [1.29, 1.82) is 0 Å². The van der Waals surface area contributed by atoms with E-state index in [0.29, 0.717) is 13.1 Å². The minimum atomic E-state index is -0.268. The van der Waals surface area contributed by atoms with Crippen molar-refractivity contribution in [2.24, 2.45) is 5.92 Å². The molecule has 28 heavy (non-hydrogen) atoms. The number of nitrogens with zero attached hydrogens (tertiary/aromatic N) is 2. The number of nitrogens with one attached hydrogen (secondary N) is 1. The molecule has 1 atom stereocenters. The van der Waals surface area contributed by atoms with Gasteiger partial charge in [0.2, 0.25) is 11.8 Å². The Bertz CT molecular complexity index is 789. The Labute approximate surface area is 167 Å². The zero-order chi connectivity index (χ0) is 19.9. The summed E-state index contributed by atoms with van der Waals surface area (Å²) in [5.74, 6) is -0.267. The lowest BCUT2D eigenvalue weighted by Crippen LogP contribution is -2.34. The van der Waals surface area contributed by atoms with Gasteiger partial charge in [-0.1, -0.05) is 48.0 Å². The molecule has 1 aliphatic rings. The molecule has 2 amide bonds. The molecule has 0 radical (unpaired) electrons. The van der Waals surface area contributed by atoms with Crippen molar-refractivity contribution in [3.05, 3.63) is 65.7 Å². The molecule has 2 aromatic carbocycles. The Morgan fingerprint density at radius 2 is 1.86 bits per heavy atom. The van der Waals surface area contributed by atoms with Crippen molar-refractivity contribution < 1.29 is 9.59 Å². The molecule has 0 saturated carbocycles. The van der Waals surface area contributed by atoms with E-state index >= 15 is 0 Å². The highest BCUT2D eigenvalue weighted by Crippen LogP contribution is 2.25. The molecule has 2 aromatic rings. The summed E-state index contributed by atoms with van der Waals surface area (Å²) in [6.45, 7) is 4.92. The van der Waals surface area contributed by atoms with E-state index < -0.39 is 0 Å². The Hall–Kier alpha value is -2.66. The van der Waals surface area contributed by atoms with E-state index in [9.17, 15) is 9.59 Å². The van der Waals surface area contributed by atoms with Gasteiger partial charge in [0.25, 0.3) is 0 Å². The highest BCUT2D eigenvalue weighted by atomic mass is 16.2. The maximum atomic E-state index is 12.5. The standard InChI is InChI=1S/C23H29N3O2/c1-18-9-11-21(12-10-18)26-17-20(15-22(26)27)23(28)24-13-6-14-25(2)16-19-7-4-3-5-8-19/h3-5,7-12,20H,6,13-17H2,1-2H3,(H,24,28)/t20-/m0/s1. The zero-order valence-corrected chi connectivity index (χ0v) is 16.7. The lowest BCUT2D eigenvalue weighted by molar-refractivity contribution is -0.126. The number of hydrogen-bond donors (Lipinski definition) is 1. The van der Waals surface area contributed by atoms with Crippen LogP contribution in [0.5, 0.6) is 0 Å². The van der Waals surface area contributed by atoms with Gasteiger partial charge in [-0.15, -0.1) is 0 Å². The summed E-state index contributed by atoms with van der Waals surface area (Å²) in [5.41, 5.74) is 3.31. The van der Waals surface area contributed by atoms with Crippen LogP contribution in [0.3, 0.4) is 0 Å². The molecule has 1 N–H and O–H groups in total. The third-order valence-corrected chi connectivity index (χ3v) is 5.15. The molecule has 0 unspecified atom stereocenters. The lowest BCUT2D eigenvalue weighted by Gasteiger charge is -2.18. The molecule has 0 aromatic heterocycles. The van der Waals surface area contributed by atoms with Gasteiger partial charge in [0.05, 0.1) is 5.92 Å². The van der Waals surface area contributed by atoms with Gasteiger partial charge in [0.15, 0.2) is 0 Å². The van der Waals surface area contributed by atoms with Crippen LogP contribution < -0.4 is 10.2 Å². The second-order valence-corrected chi connectivity index (χ2v) is 7.61. The summed E-state index contributed by atoms with van der Waals surface area (Å²) >= 11 is 0. The van der Waals surface area contributed by atoms with Crippen molar-refractivity contribution in [3.8, 4) is 0 Å². The number of aryl methyl sites for hydroxylation is 1. The molecular weight excluding hydrogens is 350 g/mol. The molecule has 0 aliphatic carbocycles. The van der Waals surface area contributed by atoms with Crippen molar-refractivity contribution in [1.82, 2.24) is 10.2 Å². The van der Waals surface area contributed by atoms with E-state index in [1.54, 1.807) is 4.90 Å². The first-order valence-electron chi connectivity index (χ1n) is 9.90. The van der Waals surface area contributed by atoms with Crippen LogP contribution in [0.1, 0.15) is 24.0 Å². The first-order chi connectivity index (χ1) is 13.5. The number of carbonyl (C=O) groups excluding carboxylic acids is 2. The van der Waals surface area contributed by atoms with E-state index in [2.05, 4.69) is 29.4 Å². The predicted octanol–water partition coefficient (Wildman–Crippen LogP) is 2.99. The third kappa shape index (κ3) is 5.42. The summed E-state index contributed by atoms with van der Waals surface area (Å²) in [6, 6.07) is 18.2.